The van der Waals surface area contributed by atoms with Crippen LogP contribution in [0.4, 0.5) is 10.5 Å². The van der Waals surface area contributed by atoms with Crippen molar-refractivity contribution in [3.05, 3.63) is 58.6 Å². The molecule has 3 rings (SSSR count). The summed E-state index contributed by atoms with van der Waals surface area (Å²) >= 11 is 7.34. The molecule has 0 spiro atoms. The van der Waals surface area contributed by atoms with Crippen LogP contribution in [0.1, 0.15) is 36.7 Å². The van der Waals surface area contributed by atoms with Crippen molar-refractivity contribution in [3.8, 4) is 0 Å². The molecule has 1 atom stereocenters. The van der Waals surface area contributed by atoms with Gasteiger partial charge in [-0.2, -0.15) is 0 Å². The average molecular weight is 463 g/mol. The molecule has 1 aliphatic rings. The fourth-order valence-corrected chi connectivity index (χ4v) is 4.20. The average Bonchev–Trinajstić information content (AvgIpc) is 2.80. The molecule has 164 valence electrons. The van der Waals surface area contributed by atoms with Crippen molar-refractivity contribution in [2.24, 2.45) is 0 Å². The highest BCUT2D eigenvalue weighted by Crippen LogP contribution is 2.36. The third-order valence-electron chi connectivity index (χ3n) is 4.41. The van der Waals surface area contributed by atoms with Gasteiger partial charge in [-0.25, -0.2) is 9.59 Å². The van der Waals surface area contributed by atoms with Gasteiger partial charge in [0.05, 0.1) is 17.8 Å². The molecule has 0 unspecified atom stereocenters. The van der Waals surface area contributed by atoms with Crippen LogP contribution in [0.3, 0.4) is 0 Å². The van der Waals surface area contributed by atoms with Gasteiger partial charge in [0.1, 0.15) is 11.6 Å². The Balaban J connectivity index is 1.95. The summed E-state index contributed by atoms with van der Waals surface area (Å²) in [5, 5.41) is 12.6. The van der Waals surface area contributed by atoms with Crippen molar-refractivity contribution < 1.29 is 24.2 Å². The van der Waals surface area contributed by atoms with Gasteiger partial charge >= 0.3 is 12.1 Å². The number of alkyl carbamates (subject to hydrolysis) is 1. The topological polar surface area (TPSA) is 95.9 Å². The lowest BCUT2D eigenvalue weighted by molar-refractivity contribution is -0.120. The maximum absolute atomic E-state index is 13.4. The van der Waals surface area contributed by atoms with Crippen LogP contribution in [0.5, 0.6) is 0 Å². The zero-order valence-electron chi connectivity index (χ0n) is 17.3. The number of fused-ring (bicyclic) bond motifs is 1. The number of benzene rings is 2. The number of aromatic carboxylic acids is 1. The van der Waals surface area contributed by atoms with Gasteiger partial charge in [0.25, 0.3) is 5.91 Å². The van der Waals surface area contributed by atoms with E-state index in [0.29, 0.717) is 10.7 Å². The molecule has 0 aliphatic carbocycles. The summed E-state index contributed by atoms with van der Waals surface area (Å²) in [4.78, 5) is 39.5. The molecule has 0 fully saturated rings. The van der Waals surface area contributed by atoms with Crippen LogP contribution in [0, 0.1) is 0 Å². The van der Waals surface area contributed by atoms with Crippen LogP contribution in [-0.2, 0) is 16.1 Å². The minimum absolute atomic E-state index is 0.0757. The number of thioether (sulfide) groups is 1. The van der Waals surface area contributed by atoms with Gasteiger partial charge < -0.3 is 20.1 Å². The number of nitrogens with one attached hydrogen (secondary N) is 1. The molecule has 2 aromatic carbocycles. The van der Waals surface area contributed by atoms with Gasteiger partial charge in [0.2, 0.25) is 0 Å². The summed E-state index contributed by atoms with van der Waals surface area (Å²) in [5.74, 6) is -1.15. The summed E-state index contributed by atoms with van der Waals surface area (Å²) in [7, 11) is 0. The molecule has 0 bridgehead atoms. The maximum Gasteiger partial charge on any atom is 0.408 e. The molecule has 0 saturated carbocycles. The summed E-state index contributed by atoms with van der Waals surface area (Å²) in [5.41, 5.74) is 0.672. The Morgan fingerprint density at radius 1 is 1.23 bits per heavy atom. The maximum atomic E-state index is 13.4. The lowest BCUT2D eigenvalue weighted by Crippen LogP contribution is -2.50. The smallest absolute Gasteiger partial charge is 0.408 e. The molecule has 9 heteroatoms. The van der Waals surface area contributed by atoms with Gasteiger partial charge in [-0.3, -0.25) is 4.79 Å². The van der Waals surface area contributed by atoms with Crippen molar-refractivity contribution in [2.75, 3.05) is 10.7 Å². The van der Waals surface area contributed by atoms with Gasteiger partial charge in [0.15, 0.2) is 0 Å². The van der Waals surface area contributed by atoms with E-state index in [-0.39, 0.29) is 23.8 Å². The molecular formula is C22H23ClN2O5S. The van der Waals surface area contributed by atoms with Crippen molar-refractivity contribution in [3.63, 3.8) is 0 Å². The Hall–Kier alpha value is -2.71. The Labute approximate surface area is 189 Å². The van der Waals surface area contributed by atoms with E-state index < -0.39 is 23.7 Å². The predicted molar refractivity (Wildman–Crippen MR) is 120 cm³/mol. The molecule has 31 heavy (non-hydrogen) atoms. The molecule has 0 radical (unpaired) electrons. The Bertz CT molecular complexity index is 1000. The van der Waals surface area contributed by atoms with Crippen LogP contribution in [0.15, 0.2) is 47.4 Å². The monoisotopic (exact) mass is 462 g/mol. The number of hydrogen-bond acceptors (Lipinski definition) is 5. The first-order valence-corrected chi connectivity index (χ1v) is 11.0. The fourth-order valence-electron chi connectivity index (χ4n) is 3.02. The quantitative estimate of drug-likeness (QED) is 0.690. The Morgan fingerprint density at radius 2 is 1.90 bits per heavy atom. The Kier molecular flexibility index (Phi) is 6.81. The van der Waals surface area contributed by atoms with E-state index in [0.717, 1.165) is 10.5 Å². The van der Waals surface area contributed by atoms with Crippen LogP contribution >= 0.6 is 23.4 Å². The van der Waals surface area contributed by atoms with Gasteiger partial charge in [-0.15, -0.1) is 11.8 Å². The molecular weight excluding hydrogens is 440 g/mol. The van der Waals surface area contributed by atoms with E-state index in [1.54, 1.807) is 51.1 Å². The summed E-state index contributed by atoms with van der Waals surface area (Å²) in [6.45, 7) is 5.42. The van der Waals surface area contributed by atoms with E-state index >= 15 is 0 Å². The molecule has 2 amide bonds. The number of rotatable bonds is 4. The number of anilines is 1. The van der Waals surface area contributed by atoms with Gasteiger partial charge in [-0.05, 0) is 56.7 Å². The van der Waals surface area contributed by atoms with Crippen LogP contribution in [0.25, 0.3) is 0 Å². The van der Waals surface area contributed by atoms with E-state index in [1.807, 2.05) is 0 Å². The first-order chi connectivity index (χ1) is 14.5. The fraction of sp³-hybridized carbons (Fsp3) is 0.318. The summed E-state index contributed by atoms with van der Waals surface area (Å²) in [6.07, 6.45) is -0.685. The van der Waals surface area contributed by atoms with Gasteiger partial charge in [0, 0.05) is 15.7 Å². The van der Waals surface area contributed by atoms with Crippen molar-refractivity contribution >= 4 is 47.0 Å². The number of carboxylic acid groups (broad SMARTS) is 1. The molecule has 1 aliphatic heterocycles. The van der Waals surface area contributed by atoms with E-state index in [4.69, 9.17) is 16.3 Å². The number of nitrogens with zero attached hydrogens (tertiary/aromatic N) is 1. The molecule has 0 aromatic heterocycles. The second kappa shape index (κ2) is 9.20. The third-order valence-corrected chi connectivity index (χ3v) is 5.82. The van der Waals surface area contributed by atoms with E-state index in [1.165, 1.54) is 28.8 Å². The minimum Gasteiger partial charge on any atom is -0.478 e. The zero-order chi connectivity index (χ0) is 22.8. The molecule has 2 aromatic rings. The highest BCUT2D eigenvalue weighted by molar-refractivity contribution is 7.99. The molecule has 2 N–H and O–H groups in total. The SMILES string of the molecule is CC(C)(C)OC(=O)N[C@H]1CSc2ccc(C(=O)O)cc2N(Cc2ccc(Cl)cc2)C1=O. The number of carboxylic acids is 1. The highest BCUT2D eigenvalue weighted by Gasteiger charge is 2.33. The molecule has 0 saturated heterocycles. The Morgan fingerprint density at radius 3 is 2.52 bits per heavy atom. The predicted octanol–water partition coefficient (Wildman–Crippen LogP) is 4.57. The van der Waals surface area contributed by atoms with Crippen molar-refractivity contribution in [1.29, 1.82) is 0 Å². The second-order valence-corrected chi connectivity index (χ2v) is 9.55. The van der Waals surface area contributed by atoms with Gasteiger partial charge in [-0.1, -0.05) is 23.7 Å². The third kappa shape index (κ3) is 5.92. The molecule has 7 nitrogen and oxygen atoms in total. The summed E-state index contributed by atoms with van der Waals surface area (Å²) < 4.78 is 5.30. The number of ether oxygens (including phenoxy) is 1. The highest BCUT2D eigenvalue weighted by atomic mass is 35.5. The standard InChI is InChI=1S/C22H23ClN2O5S/c1-22(2,3)30-21(29)24-16-12-31-18-9-6-14(20(27)28)10-17(18)25(19(16)26)11-13-4-7-15(23)8-5-13/h4-10,16H,11-12H2,1-3H3,(H,24,29)(H,27,28)/t16-/m0/s1. The second-order valence-electron chi connectivity index (χ2n) is 8.05. The van der Waals surface area contributed by atoms with Crippen LogP contribution < -0.4 is 10.2 Å². The van der Waals surface area contributed by atoms with E-state index in [9.17, 15) is 19.5 Å². The number of amides is 2. The van der Waals surface area contributed by atoms with E-state index in [2.05, 4.69) is 5.32 Å². The normalized spacial score (nSPS) is 16.3. The number of hydrogen-bond donors (Lipinski definition) is 2. The van der Waals surface area contributed by atoms with Crippen molar-refractivity contribution in [2.45, 2.75) is 43.9 Å². The lowest BCUT2D eigenvalue weighted by atomic mass is 10.1. The first kappa shape index (κ1) is 23.0. The molecule has 1 heterocycles. The lowest BCUT2D eigenvalue weighted by Gasteiger charge is -2.27. The minimum atomic E-state index is -1.08. The first-order valence-electron chi connectivity index (χ1n) is 9.59. The zero-order valence-corrected chi connectivity index (χ0v) is 18.9. The van der Waals surface area contributed by atoms with Crippen molar-refractivity contribution in [1.82, 2.24) is 5.32 Å². The number of carbonyl (C=O) groups is 3. The largest absolute Gasteiger partial charge is 0.478 e. The number of carbonyl (C=O) groups excluding carboxylic acids is 2. The summed E-state index contributed by atoms with van der Waals surface area (Å²) in [6, 6.07) is 10.9. The number of halogens is 1. The van der Waals surface area contributed by atoms with Crippen LogP contribution in [-0.4, -0.2) is 40.5 Å². The van der Waals surface area contributed by atoms with Crippen LogP contribution in [0.2, 0.25) is 5.02 Å².